The zero-order valence-electron chi connectivity index (χ0n) is 11.9. The largest absolute Gasteiger partial charge is 0.326 e. The summed E-state index contributed by atoms with van der Waals surface area (Å²) >= 11 is 0. The van der Waals surface area contributed by atoms with E-state index in [9.17, 15) is 8.42 Å². The van der Waals surface area contributed by atoms with E-state index in [2.05, 4.69) is 9.71 Å². The molecule has 0 aliphatic rings. The third-order valence-electron chi connectivity index (χ3n) is 3.08. The number of pyridine rings is 1. The van der Waals surface area contributed by atoms with Crippen molar-refractivity contribution in [1.29, 1.82) is 0 Å². The molecule has 1 aromatic carbocycles. The summed E-state index contributed by atoms with van der Waals surface area (Å²) in [5.41, 5.74) is 8.97. The van der Waals surface area contributed by atoms with Gasteiger partial charge >= 0.3 is 0 Å². The lowest BCUT2D eigenvalue weighted by atomic mass is 10.1. The SMILES string of the molecule is Cc1ccc(CNS(=O)(=O)Cc2ccc(CN)cc2)cn1. The van der Waals surface area contributed by atoms with Gasteiger partial charge in [-0.25, -0.2) is 13.1 Å². The highest BCUT2D eigenvalue weighted by molar-refractivity contribution is 7.88. The van der Waals surface area contributed by atoms with E-state index in [-0.39, 0.29) is 12.3 Å². The number of hydrogen-bond acceptors (Lipinski definition) is 4. The van der Waals surface area contributed by atoms with Gasteiger partial charge in [-0.1, -0.05) is 30.3 Å². The third kappa shape index (κ3) is 4.93. The Morgan fingerprint density at radius 2 is 1.67 bits per heavy atom. The zero-order valence-corrected chi connectivity index (χ0v) is 12.7. The van der Waals surface area contributed by atoms with Gasteiger partial charge < -0.3 is 5.73 Å². The lowest BCUT2D eigenvalue weighted by Crippen LogP contribution is -2.24. The molecule has 0 saturated carbocycles. The highest BCUT2D eigenvalue weighted by Crippen LogP contribution is 2.08. The standard InChI is InChI=1S/C15H19N3O2S/c1-12-2-3-15(9-17-12)10-18-21(19,20)11-14-6-4-13(8-16)5-7-14/h2-7,9,18H,8,10-11,16H2,1H3. The van der Waals surface area contributed by atoms with Gasteiger partial charge in [0, 0.05) is 25.0 Å². The molecule has 3 N–H and O–H groups in total. The van der Waals surface area contributed by atoms with Crippen LogP contribution >= 0.6 is 0 Å². The Hall–Kier alpha value is -1.76. The van der Waals surface area contributed by atoms with Crippen molar-refractivity contribution in [2.75, 3.05) is 0 Å². The number of rotatable bonds is 6. The fourth-order valence-electron chi connectivity index (χ4n) is 1.84. The average Bonchev–Trinajstić information content (AvgIpc) is 2.47. The molecule has 21 heavy (non-hydrogen) atoms. The molecule has 1 aromatic heterocycles. The minimum absolute atomic E-state index is 0.0445. The number of nitrogens with two attached hydrogens (primary N) is 1. The number of sulfonamides is 1. The van der Waals surface area contributed by atoms with E-state index in [0.717, 1.165) is 22.4 Å². The van der Waals surface area contributed by atoms with Crippen molar-refractivity contribution in [3.05, 3.63) is 65.0 Å². The van der Waals surface area contributed by atoms with Gasteiger partial charge in [0.1, 0.15) is 0 Å². The summed E-state index contributed by atoms with van der Waals surface area (Å²) in [5, 5.41) is 0. The second kappa shape index (κ2) is 6.80. The van der Waals surface area contributed by atoms with Crippen LogP contribution in [0, 0.1) is 6.92 Å². The van der Waals surface area contributed by atoms with E-state index in [0.29, 0.717) is 6.54 Å². The second-order valence-corrected chi connectivity index (χ2v) is 6.72. The van der Waals surface area contributed by atoms with Crippen LogP contribution in [-0.2, 0) is 28.9 Å². The molecule has 0 aliphatic carbocycles. The van der Waals surface area contributed by atoms with Crippen molar-refractivity contribution in [3.63, 3.8) is 0 Å². The predicted molar refractivity (Wildman–Crippen MR) is 82.8 cm³/mol. The van der Waals surface area contributed by atoms with Crippen LogP contribution in [-0.4, -0.2) is 13.4 Å². The molecule has 0 bridgehead atoms. The van der Waals surface area contributed by atoms with Crippen LogP contribution in [0.2, 0.25) is 0 Å². The highest BCUT2D eigenvalue weighted by Gasteiger charge is 2.11. The third-order valence-corrected chi connectivity index (χ3v) is 4.38. The second-order valence-electron chi connectivity index (χ2n) is 4.91. The molecule has 0 fully saturated rings. The Morgan fingerprint density at radius 3 is 2.24 bits per heavy atom. The van der Waals surface area contributed by atoms with Crippen LogP contribution in [0.25, 0.3) is 0 Å². The van der Waals surface area contributed by atoms with Crippen molar-refractivity contribution < 1.29 is 8.42 Å². The average molecular weight is 305 g/mol. The molecule has 0 aliphatic heterocycles. The molecule has 0 atom stereocenters. The molecular formula is C15H19N3O2S. The lowest BCUT2D eigenvalue weighted by molar-refractivity contribution is 0.580. The minimum atomic E-state index is -3.37. The molecule has 112 valence electrons. The van der Waals surface area contributed by atoms with Gasteiger partial charge in [-0.05, 0) is 29.7 Å². The summed E-state index contributed by atoms with van der Waals surface area (Å²) in [7, 11) is -3.37. The summed E-state index contributed by atoms with van der Waals surface area (Å²) in [4.78, 5) is 4.14. The quantitative estimate of drug-likeness (QED) is 0.846. The van der Waals surface area contributed by atoms with E-state index in [1.54, 1.807) is 18.3 Å². The number of aryl methyl sites for hydroxylation is 1. The normalized spacial score (nSPS) is 11.5. The first-order chi connectivity index (χ1) is 9.98. The Kier molecular flexibility index (Phi) is 5.06. The molecule has 2 rings (SSSR count). The topological polar surface area (TPSA) is 85.1 Å². The Bertz CT molecular complexity index is 680. The number of hydrogen-bond donors (Lipinski definition) is 2. The number of nitrogens with one attached hydrogen (secondary N) is 1. The van der Waals surface area contributed by atoms with Gasteiger partial charge in [0.2, 0.25) is 10.0 Å². The fraction of sp³-hybridized carbons (Fsp3) is 0.267. The van der Waals surface area contributed by atoms with Crippen molar-refractivity contribution >= 4 is 10.0 Å². The lowest BCUT2D eigenvalue weighted by Gasteiger charge is -2.07. The maximum Gasteiger partial charge on any atom is 0.216 e. The number of nitrogens with zero attached hydrogens (tertiary/aromatic N) is 1. The summed E-state index contributed by atoms with van der Waals surface area (Å²) in [6.45, 7) is 2.58. The first-order valence-corrected chi connectivity index (χ1v) is 8.30. The van der Waals surface area contributed by atoms with Gasteiger partial charge in [-0.3, -0.25) is 4.98 Å². The van der Waals surface area contributed by atoms with Crippen molar-refractivity contribution in [3.8, 4) is 0 Å². The van der Waals surface area contributed by atoms with Crippen LogP contribution in [0.4, 0.5) is 0 Å². The van der Waals surface area contributed by atoms with E-state index in [4.69, 9.17) is 5.73 Å². The molecule has 0 unspecified atom stereocenters. The minimum Gasteiger partial charge on any atom is -0.326 e. The summed E-state index contributed by atoms with van der Waals surface area (Å²) in [5.74, 6) is -0.0445. The van der Waals surface area contributed by atoms with Crippen molar-refractivity contribution in [1.82, 2.24) is 9.71 Å². The summed E-state index contributed by atoms with van der Waals surface area (Å²) in [6, 6.07) is 11.0. The van der Waals surface area contributed by atoms with Crippen LogP contribution in [0.5, 0.6) is 0 Å². The molecule has 0 amide bonds. The molecule has 5 nitrogen and oxygen atoms in total. The Balaban J connectivity index is 1.96. The van der Waals surface area contributed by atoms with E-state index in [1.165, 1.54) is 0 Å². The summed E-state index contributed by atoms with van der Waals surface area (Å²) in [6.07, 6.45) is 1.67. The first-order valence-electron chi connectivity index (χ1n) is 6.65. The first kappa shape index (κ1) is 15.6. The molecular weight excluding hydrogens is 286 g/mol. The van der Waals surface area contributed by atoms with Crippen LogP contribution in [0.1, 0.15) is 22.4 Å². The smallest absolute Gasteiger partial charge is 0.216 e. The molecule has 0 spiro atoms. The summed E-state index contributed by atoms with van der Waals surface area (Å²) < 4.78 is 26.7. The molecule has 6 heteroatoms. The van der Waals surface area contributed by atoms with E-state index >= 15 is 0 Å². The number of aromatic nitrogens is 1. The number of benzene rings is 1. The molecule has 0 saturated heterocycles. The highest BCUT2D eigenvalue weighted by atomic mass is 32.2. The zero-order chi connectivity index (χ0) is 15.3. The van der Waals surface area contributed by atoms with Gasteiger partial charge in [0.05, 0.1) is 5.75 Å². The van der Waals surface area contributed by atoms with Crippen LogP contribution in [0.3, 0.4) is 0 Å². The molecule has 0 radical (unpaired) electrons. The Morgan fingerprint density at radius 1 is 1.05 bits per heavy atom. The van der Waals surface area contributed by atoms with Crippen molar-refractivity contribution in [2.24, 2.45) is 5.73 Å². The maximum absolute atomic E-state index is 12.0. The molecule has 2 aromatic rings. The van der Waals surface area contributed by atoms with Crippen LogP contribution < -0.4 is 10.5 Å². The molecule has 1 heterocycles. The van der Waals surface area contributed by atoms with Gasteiger partial charge in [0.25, 0.3) is 0 Å². The predicted octanol–water partition coefficient (Wildman–Crippen LogP) is 1.47. The Labute approximate surface area is 125 Å². The van der Waals surface area contributed by atoms with Gasteiger partial charge in [-0.2, -0.15) is 0 Å². The fourth-order valence-corrected chi connectivity index (χ4v) is 2.96. The maximum atomic E-state index is 12.0. The van der Waals surface area contributed by atoms with Crippen LogP contribution in [0.15, 0.2) is 42.6 Å². The monoisotopic (exact) mass is 305 g/mol. The van der Waals surface area contributed by atoms with Crippen molar-refractivity contribution in [2.45, 2.75) is 25.8 Å². The van der Waals surface area contributed by atoms with Gasteiger partial charge in [0.15, 0.2) is 0 Å². The van der Waals surface area contributed by atoms with E-state index in [1.807, 2.05) is 31.2 Å². The van der Waals surface area contributed by atoms with Gasteiger partial charge in [-0.15, -0.1) is 0 Å². The van der Waals surface area contributed by atoms with E-state index < -0.39 is 10.0 Å².